The monoisotopic (exact) mass is 597 g/mol. The van der Waals surface area contributed by atoms with Gasteiger partial charge in [-0.3, -0.25) is 13.9 Å². The number of nitrogen functional groups attached to an aromatic ring is 1. The minimum absolute atomic E-state index is 0.0772. The van der Waals surface area contributed by atoms with Crippen LogP contribution in [-0.4, -0.2) is 86.0 Å². The summed E-state index contributed by atoms with van der Waals surface area (Å²) in [5.74, 6) is -0.426. The van der Waals surface area contributed by atoms with E-state index in [9.17, 15) is 19.6 Å². The maximum atomic E-state index is 16.1. The molecule has 41 heavy (non-hydrogen) atoms. The number of fused-ring (bicyclic) bond motifs is 1. The van der Waals surface area contributed by atoms with Gasteiger partial charge in [-0.05, 0) is 32.9 Å². The van der Waals surface area contributed by atoms with Gasteiger partial charge in [0.2, 0.25) is 11.6 Å². The third-order valence-corrected chi connectivity index (χ3v) is 7.81. The number of ether oxygens (including phenoxy) is 2. The SMILES string of the molecule is CNc1nc(N)nc2c1ncn2[C@@H]1O[C@H](CO[P@@](=O)(N[C@H](C)C(=O)OC(C)C)Oc2ccccc2)[C@@H](O)[C@]1(F)CO. The number of hydrogen-bond acceptors (Lipinski definition) is 13. The lowest BCUT2D eigenvalue weighted by Crippen LogP contribution is -2.46. The first kappa shape index (κ1) is 30.6. The largest absolute Gasteiger partial charge is 0.462 e. The van der Waals surface area contributed by atoms with Crippen LogP contribution in [0.5, 0.6) is 5.75 Å². The zero-order chi connectivity index (χ0) is 29.9. The number of alkyl halides is 1. The highest BCUT2D eigenvalue weighted by Crippen LogP contribution is 2.48. The second-order valence-corrected chi connectivity index (χ2v) is 11.3. The minimum atomic E-state index is -4.35. The van der Waals surface area contributed by atoms with Crippen molar-refractivity contribution in [3.8, 4) is 5.75 Å². The van der Waals surface area contributed by atoms with E-state index in [1.807, 2.05) is 0 Å². The van der Waals surface area contributed by atoms with Gasteiger partial charge in [0.25, 0.3) is 0 Å². The van der Waals surface area contributed by atoms with Gasteiger partial charge in [0, 0.05) is 7.05 Å². The van der Waals surface area contributed by atoms with E-state index in [0.29, 0.717) is 0 Å². The number of nitrogens with one attached hydrogen (secondary N) is 2. The molecular weight excluding hydrogens is 564 g/mol. The number of anilines is 2. The van der Waals surface area contributed by atoms with Crippen LogP contribution in [0, 0.1) is 0 Å². The Kier molecular flexibility index (Phi) is 9.11. The van der Waals surface area contributed by atoms with Crippen molar-refractivity contribution in [2.75, 3.05) is 31.3 Å². The predicted molar refractivity (Wildman–Crippen MR) is 145 cm³/mol. The van der Waals surface area contributed by atoms with Gasteiger partial charge >= 0.3 is 13.7 Å². The van der Waals surface area contributed by atoms with Crippen molar-refractivity contribution >= 4 is 36.6 Å². The zero-order valence-electron chi connectivity index (χ0n) is 22.8. The minimum Gasteiger partial charge on any atom is -0.462 e. The van der Waals surface area contributed by atoms with Gasteiger partial charge in [-0.1, -0.05) is 18.2 Å². The molecule has 0 spiro atoms. The maximum Gasteiger partial charge on any atom is 0.459 e. The number of nitrogens with two attached hydrogens (primary N) is 1. The van der Waals surface area contributed by atoms with Crippen molar-refractivity contribution in [2.45, 2.75) is 57.0 Å². The van der Waals surface area contributed by atoms with Crippen LogP contribution in [0.15, 0.2) is 36.7 Å². The van der Waals surface area contributed by atoms with Crippen LogP contribution in [0.25, 0.3) is 11.2 Å². The molecule has 6 N–H and O–H groups in total. The van der Waals surface area contributed by atoms with Crippen LogP contribution in [-0.2, 0) is 23.4 Å². The molecule has 6 atom stereocenters. The van der Waals surface area contributed by atoms with E-state index in [1.54, 1.807) is 39.1 Å². The molecular formula is C24H33FN7O8P. The quantitative estimate of drug-likeness (QED) is 0.148. The number of halogens is 1. The number of aromatic nitrogens is 4. The fourth-order valence-electron chi connectivity index (χ4n) is 4.19. The summed E-state index contributed by atoms with van der Waals surface area (Å²) in [7, 11) is -2.76. The highest BCUT2D eigenvalue weighted by molar-refractivity contribution is 7.52. The van der Waals surface area contributed by atoms with Crippen LogP contribution in [0.1, 0.15) is 27.0 Å². The number of aliphatic hydroxyl groups is 2. The number of carbonyl (C=O) groups is 1. The maximum absolute atomic E-state index is 16.1. The molecule has 1 fully saturated rings. The Labute approximate surface area is 234 Å². The molecule has 0 unspecified atom stereocenters. The fraction of sp³-hybridized carbons (Fsp3) is 0.500. The standard InChI is InChI=1S/C24H33FN7O8P/c1-13(2)38-21(35)14(3)31-41(36,40-15-8-6-5-7-9-15)37-10-16-18(34)24(25,11-33)22(39-16)32-12-28-17-19(27-4)29-23(26)30-20(17)32/h5-9,12-14,16,18,22,33-34H,10-11H2,1-4H3,(H,31,36)(H3,26,27,29,30)/t14-,16-,18-,22-,24-,41+/m1/s1. The molecule has 1 aromatic carbocycles. The number of aliphatic hydroxyl groups excluding tert-OH is 2. The molecule has 0 amide bonds. The molecule has 3 heterocycles. The van der Waals surface area contributed by atoms with Crippen molar-refractivity contribution in [2.24, 2.45) is 0 Å². The zero-order valence-corrected chi connectivity index (χ0v) is 23.7. The molecule has 17 heteroatoms. The number of imidazole rings is 1. The van der Waals surface area contributed by atoms with E-state index >= 15 is 4.39 Å². The van der Waals surface area contributed by atoms with Crippen LogP contribution in [0.4, 0.5) is 16.2 Å². The highest BCUT2D eigenvalue weighted by atomic mass is 31.2. The number of nitrogens with zero attached hydrogens (tertiary/aromatic N) is 4. The van der Waals surface area contributed by atoms with Crippen LogP contribution in [0.2, 0.25) is 0 Å². The number of para-hydroxylation sites is 1. The molecule has 0 radical (unpaired) electrons. The number of carbonyl (C=O) groups excluding carboxylic acids is 1. The van der Waals surface area contributed by atoms with Crippen molar-refractivity contribution in [1.29, 1.82) is 0 Å². The first-order valence-corrected chi connectivity index (χ1v) is 14.2. The lowest BCUT2D eigenvalue weighted by Gasteiger charge is -2.27. The topological polar surface area (TPSA) is 205 Å². The average molecular weight is 598 g/mol. The smallest absolute Gasteiger partial charge is 0.459 e. The van der Waals surface area contributed by atoms with Crippen molar-refractivity contribution in [3.05, 3.63) is 36.7 Å². The van der Waals surface area contributed by atoms with Gasteiger partial charge in [-0.25, -0.2) is 13.9 Å². The van der Waals surface area contributed by atoms with E-state index in [0.717, 1.165) is 4.57 Å². The van der Waals surface area contributed by atoms with Crippen LogP contribution >= 0.6 is 7.75 Å². The molecule has 4 rings (SSSR count). The van der Waals surface area contributed by atoms with Crippen LogP contribution < -0.4 is 20.7 Å². The molecule has 0 saturated carbocycles. The second kappa shape index (κ2) is 12.2. The Hall–Kier alpha value is -3.40. The van der Waals surface area contributed by atoms with E-state index in [-0.39, 0.29) is 28.7 Å². The lowest BCUT2D eigenvalue weighted by molar-refractivity contribution is -0.149. The van der Waals surface area contributed by atoms with Gasteiger partial charge in [-0.2, -0.15) is 15.1 Å². The first-order valence-electron chi connectivity index (χ1n) is 12.7. The summed E-state index contributed by atoms with van der Waals surface area (Å²) in [5, 5.41) is 26.2. The predicted octanol–water partition coefficient (Wildman–Crippen LogP) is 1.54. The van der Waals surface area contributed by atoms with Gasteiger partial charge < -0.3 is 35.3 Å². The molecule has 1 saturated heterocycles. The van der Waals surface area contributed by atoms with Gasteiger partial charge in [0.1, 0.15) is 24.0 Å². The summed E-state index contributed by atoms with van der Waals surface area (Å²) in [6.07, 6.45) is -4.27. The van der Waals surface area contributed by atoms with Gasteiger partial charge in [0.15, 0.2) is 23.2 Å². The summed E-state index contributed by atoms with van der Waals surface area (Å²) in [5.41, 5.74) is 3.35. The summed E-state index contributed by atoms with van der Waals surface area (Å²) in [6, 6.07) is 6.88. The van der Waals surface area contributed by atoms with Crippen molar-refractivity contribution < 1.29 is 42.5 Å². The van der Waals surface area contributed by atoms with Gasteiger partial charge in [-0.15, -0.1) is 0 Å². The van der Waals surface area contributed by atoms with E-state index in [1.165, 1.54) is 25.4 Å². The molecule has 0 bridgehead atoms. The van der Waals surface area contributed by atoms with Crippen molar-refractivity contribution in [3.63, 3.8) is 0 Å². The Morgan fingerprint density at radius 1 is 1.29 bits per heavy atom. The average Bonchev–Trinajstić information content (AvgIpc) is 3.45. The number of benzene rings is 1. The molecule has 3 aromatic rings. The van der Waals surface area contributed by atoms with Crippen molar-refractivity contribution in [1.82, 2.24) is 24.6 Å². The fourth-order valence-corrected chi connectivity index (χ4v) is 5.69. The van der Waals surface area contributed by atoms with Crippen LogP contribution in [0.3, 0.4) is 0 Å². The molecule has 0 aliphatic carbocycles. The molecule has 224 valence electrons. The molecule has 15 nitrogen and oxygen atoms in total. The van der Waals surface area contributed by atoms with E-state index < -0.39 is 63.2 Å². The molecule has 2 aromatic heterocycles. The Morgan fingerprint density at radius 3 is 2.63 bits per heavy atom. The number of hydrogen-bond donors (Lipinski definition) is 5. The Morgan fingerprint density at radius 2 is 2.00 bits per heavy atom. The summed E-state index contributed by atoms with van der Waals surface area (Å²) < 4.78 is 53.2. The number of esters is 1. The normalized spacial score (nSPS) is 24.7. The summed E-state index contributed by atoms with van der Waals surface area (Å²) >= 11 is 0. The molecule has 1 aliphatic heterocycles. The highest BCUT2D eigenvalue weighted by Gasteiger charge is 2.59. The third kappa shape index (κ3) is 6.42. The Bertz CT molecular complexity index is 1410. The third-order valence-electron chi connectivity index (χ3n) is 6.16. The van der Waals surface area contributed by atoms with E-state index in [4.69, 9.17) is 24.3 Å². The summed E-state index contributed by atoms with van der Waals surface area (Å²) in [6.45, 7) is 2.90. The van der Waals surface area contributed by atoms with E-state index in [2.05, 4.69) is 25.4 Å². The Balaban J connectivity index is 1.59. The number of rotatable bonds is 12. The first-order chi connectivity index (χ1) is 19.4. The summed E-state index contributed by atoms with van der Waals surface area (Å²) in [4.78, 5) is 24.7. The molecule has 1 aliphatic rings. The second-order valence-electron chi connectivity index (χ2n) is 9.60. The van der Waals surface area contributed by atoms with Gasteiger partial charge in [0.05, 0.1) is 25.6 Å². The lowest BCUT2D eigenvalue weighted by atomic mass is 9.97.